The van der Waals surface area contributed by atoms with Crippen molar-refractivity contribution in [2.24, 2.45) is 0 Å². The second-order valence-electron chi connectivity index (χ2n) is 4.47. The largest absolute Gasteiger partial charge is 0.416 e. The van der Waals surface area contributed by atoms with E-state index in [1.807, 2.05) is 6.92 Å². The summed E-state index contributed by atoms with van der Waals surface area (Å²) < 4.78 is 42.5. The normalized spacial score (nSPS) is 23.6. The number of benzene rings is 1. The van der Waals surface area contributed by atoms with E-state index in [0.29, 0.717) is 18.8 Å². The Morgan fingerprint density at radius 1 is 1.22 bits per heavy atom. The van der Waals surface area contributed by atoms with Crippen molar-refractivity contribution in [2.45, 2.75) is 38.1 Å². The first-order chi connectivity index (χ1) is 8.49. The third-order valence-corrected chi connectivity index (χ3v) is 3.08. The minimum Gasteiger partial charge on any atom is -0.382 e. The Balaban J connectivity index is 1.85. The SMILES string of the molecule is CCOC1CC(Nc2ccc(C(F)(F)F)cc2)C1. The lowest BCUT2D eigenvalue weighted by atomic mass is 9.89. The summed E-state index contributed by atoms with van der Waals surface area (Å²) in [6.07, 6.45) is -2.15. The van der Waals surface area contributed by atoms with Crippen LogP contribution in [0.5, 0.6) is 0 Å². The van der Waals surface area contributed by atoms with Crippen molar-refractivity contribution in [3.05, 3.63) is 29.8 Å². The van der Waals surface area contributed by atoms with Gasteiger partial charge in [0.25, 0.3) is 0 Å². The highest BCUT2D eigenvalue weighted by atomic mass is 19.4. The van der Waals surface area contributed by atoms with Crippen LogP contribution in [0, 0.1) is 0 Å². The first kappa shape index (κ1) is 13.2. The summed E-state index contributed by atoms with van der Waals surface area (Å²) >= 11 is 0. The molecule has 0 atom stereocenters. The molecule has 0 amide bonds. The van der Waals surface area contributed by atoms with Crippen LogP contribution in [0.2, 0.25) is 0 Å². The molecule has 1 N–H and O–H groups in total. The van der Waals surface area contributed by atoms with Crippen LogP contribution in [-0.4, -0.2) is 18.8 Å². The van der Waals surface area contributed by atoms with Crippen molar-refractivity contribution in [1.82, 2.24) is 0 Å². The van der Waals surface area contributed by atoms with Crippen LogP contribution < -0.4 is 5.32 Å². The highest BCUT2D eigenvalue weighted by molar-refractivity contribution is 5.46. The van der Waals surface area contributed by atoms with E-state index < -0.39 is 11.7 Å². The summed E-state index contributed by atoms with van der Waals surface area (Å²) in [6, 6.07) is 5.44. The Morgan fingerprint density at radius 3 is 2.33 bits per heavy atom. The van der Waals surface area contributed by atoms with E-state index in [-0.39, 0.29) is 0 Å². The summed E-state index contributed by atoms with van der Waals surface area (Å²) in [5.41, 5.74) is 0.108. The average molecular weight is 259 g/mol. The summed E-state index contributed by atoms with van der Waals surface area (Å²) in [4.78, 5) is 0. The smallest absolute Gasteiger partial charge is 0.382 e. The molecule has 0 radical (unpaired) electrons. The molecule has 0 spiro atoms. The molecule has 100 valence electrons. The molecule has 1 aromatic carbocycles. The third kappa shape index (κ3) is 3.16. The Labute approximate surface area is 104 Å². The molecule has 0 bridgehead atoms. The van der Waals surface area contributed by atoms with Crippen molar-refractivity contribution >= 4 is 5.69 Å². The Kier molecular flexibility index (Phi) is 3.80. The van der Waals surface area contributed by atoms with Crippen LogP contribution in [-0.2, 0) is 10.9 Å². The zero-order chi connectivity index (χ0) is 13.2. The van der Waals surface area contributed by atoms with Crippen LogP contribution in [0.1, 0.15) is 25.3 Å². The maximum atomic E-state index is 12.4. The van der Waals surface area contributed by atoms with Gasteiger partial charge in [0.05, 0.1) is 11.7 Å². The van der Waals surface area contributed by atoms with Crippen molar-refractivity contribution in [3.8, 4) is 0 Å². The average Bonchev–Trinajstić information content (AvgIpc) is 2.26. The number of hydrogen-bond donors (Lipinski definition) is 1. The minimum absolute atomic E-state index is 0.293. The summed E-state index contributed by atoms with van der Waals surface area (Å²) in [5.74, 6) is 0. The number of ether oxygens (including phenoxy) is 1. The first-order valence-electron chi connectivity index (χ1n) is 6.04. The molecule has 1 aliphatic carbocycles. The predicted molar refractivity (Wildman–Crippen MR) is 63.5 cm³/mol. The lowest BCUT2D eigenvalue weighted by Gasteiger charge is -2.36. The van der Waals surface area contributed by atoms with E-state index in [2.05, 4.69) is 5.32 Å². The standard InChI is InChI=1S/C13H16F3NO/c1-2-18-12-7-11(8-12)17-10-5-3-9(4-6-10)13(14,15)16/h3-6,11-12,17H,2,7-8H2,1H3. The van der Waals surface area contributed by atoms with Gasteiger partial charge in [-0.1, -0.05) is 0 Å². The van der Waals surface area contributed by atoms with E-state index >= 15 is 0 Å². The number of rotatable bonds is 4. The molecule has 1 aromatic rings. The molecule has 0 saturated heterocycles. The predicted octanol–water partition coefficient (Wildman–Crippen LogP) is 3.68. The molecule has 1 fully saturated rings. The van der Waals surface area contributed by atoms with Crippen molar-refractivity contribution in [2.75, 3.05) is 11.9 Å². The molecule has 1 aliphatic rings. The molecule has 0 heterocycles. The molecule has 1 saturated carbocycles. The maximum absolute atomic E-state index is 12.4. The molecule has 0 aliphatic heterocycles. The van der Waals surface area contributed by atoms with Crippen LogP contribution in [0.3, 0.4) is 0 Å². The highest BCUT2D eigenvalue weighted by Gasteiger charge is 2.31. The van der Waals surface area contributed by atoms with Gasteiger partial charge in [-0.3, -0.25) is 0 Å². The number of halogens is 3. The van der Waals surface area contributed by atoms with Crippen molar-refractivity contribution in [3.63, 3.8) is 0 Å². The number of alkyl halides is 3. The van der Waals surface area contributed by atoms with Gasteiger partial charge in [0.2, 0.25) is 0 Å². The van der Waals surface area contributed by atoms with E-state index in [4.69, 9.17) is 4.74 Å². The third-order valence-electron chi connectivity index (χ3n) is 3.08. The van der Waals surface area contributed by atoms with E-state index in [9.17, 15) is 13.2 Å². The van der Waals surface area contributed by atoms with Crippen molar-refractivity contribution < 1.29 is 17.9 Å². The van der Waals surface area contributed by atoms with E-state index in [1.54, 1.807) is 0 Å². The molecule has 0 unspecified atom stereocenters. The maximum Gasteiger partial charge on any atom is 0.416 e. The number of anilines is 1. The van der Waals surface area contributed by atoms with Gasteiger partial charge in [0, 0.05) is 18.3 Å². The quantitative estimate of drug-likeness (QED) is 0.890. The molecule has 2 nitrogen and oxygen atoms in total. The Hall–Kier alpha value is -1.23. The topological polar surface area (TPSA) is 21.3 Å². The van der Waals surface area contributed by atoms with Gasteiger partial charge in [-0.05, 0) is 44.0 Å². The summed E-state index contributed by atoms with van der Waals surface area (Å²) in [6.45, 7) is 2.66. The van der Waals surface area contributed by atoms with Crippen LogP contribution in [0.25, 0.3) is 0 Å². The fraction of sp³-hybridized carbons (Fsp3) is 0.538. The number of nitrogens with one attached hydrogen (secondary N) is 1. The summed E-state index contributed by atoms with van der Waals surface area (Å²) in [7, 11) is 0. The monoisotopic (exact) mass is 259 g/mol. The zero-order valence-electron chi connectivity index (χ0n) is 10.1. The van der Waals surface area contributed by atoms with Gasteiger partial charge >= 0.3 is 6.18 Å². The van der Waals surface area contributed by atoms with Gasteiger partial charge in [-0.25, -0.2) is 0 Å². The second kappa shape index (κ2) is 5.18. The fourth-order valence-corrected chi connectivity index (χ4v) is 2.05. The van der Waals surface area contributed by atoms with Gasteiger partial charge < -0.3 is 10.1 Å². The zero-order valence-corrected chi connectivity index (χ0v) is 10.1. The van der Waals surface area contributed by atoms with Gasteiger partial charge in [0.1, 0.15) is 0 Å². The van der Waals surface area contributed by atoms with Gasteiger partial charge in [-0.2, -0.15) is 13.2 Å². The van der Waals surface area contributed by atoms with E-state index in [1.165, 1.54) is 12.1 Å². The summed E-state index contributed by atoms with van der Waals surface area (Å²) in [5, 5.41) is 3.20. The van der Waals surface area contributed by atoms with Crippen LogP contribution in [0.15, 0.2) is 24.3 Å². The van der Waals surface area contributed by atoms with E-state index in [0.717, 1.165) is 30.7 Å². The molecular formula is C13H16F3NO. The fourth-order valence-electron chi connectivity index (χ4n) is 2.05. The van der Waals surface area contributed by atoms with Gasteiger partial charge in [-0.15, -0.1) is 0 Å². The Morgan fingerprint density at radius 2 is 1.83 bits per heavy atom. The van der Waals surface area contributed by atoms with Crippen LogP contribution in [0.4, 0.5) is 18.9 Å². The molecule has 5 heteroatoms. The highest BCUT2D eigenvalue weighted by Crippen LogP contribution is 2.31. The molecule has 18 heavy (non-hydrogen) atoms. The molecule has 0 aromatic heterocycles. The van der Waals surface area contributed by atoms with Gasteiger partial charge in [0.15, 0.2) is 0 Å². The molecule has 2 rings (SSSR count). The first-order valence-corrected chi connectivity index (χ1v) is 6.04. The minimum atomic E-state index is -4.27. The van der Waals surface area contributed by atoms with Crippen molar-refractivity contribution in [1.29, 1.82) is 0 Å². The van der Waals surface area contributed by atoms with Crippen LogP contribution >= 0.6 is 0 Å². The lowest BCUT2D eigenvalue weighted by molar-refractivity contribution is -0.137. The second-order valence-corrected chi connectivity index (χ2v) is 4.47. The lowest BCUT2D eigenvalue weighted by Crippen LogP contribution is -2.40. The molecular weight excluding hydrogens is 243 g/mol. The Bertz CT molecular complexity index is 382. The number of hydrogen-bond acceptors (Lipinski definition) is 2.